The molecule has 1 aromatic rings. The zero-order chi connectivity index (χ0) is 8.27. The van der Waals surface area contributed by atoms with Gasteiger partial charge in [0.15, 0.2) is 0 Å². The zero-order valence-corrected chi connectivity index (χ0v) is 6.12. The largest absolute Gasteiger partial charge is 0.384 e. The average Bonchev–Trinajstić information content (AvgIpc) is 1.85. The molecule has 0 aliphatic rings. The number of allylic oxidation sites excluding steroid dienone is 1. The van der Waals surface area contributed by atoms with Gasteiger partial charge in [0.1, 0.15) is 5.82 Å². The van der Waals surface area contributed by atoms with Crippen molar-refractivity contribution in [3.8, 4) is 0 Å². The molecule has 1 heterocycles. The summed E-state index contributed by atoms with van der Waals surface area (Å²) in [6, 6.07) is 1.68. The average molecular weight is 150 g/mol. The number of nitrogen functional groups attached to an aromatic ring is 2. The number of hydrogen-bond donors (Lipinski definition) is 2. The van der Waals surface area contributed by atoms with E-state index in [0.717, 1.165) is 5.69 Å². The van der Waals surface area contributed by atoms with Crippen LogP contribution in [0.25, 0.3) is 0 Å². The summed E-state index contributed by atoms with van der Waals surface area (Å²) in [7, 11) is 0. The van der Waals surface area contributed by atoms with Gasteiger partial charge in [-0.1, -0.05) is 6.08 Å². The van der Waals surface area contributed by atoms with Crippen molar-refractivity contribution >= 4 is 11.8 Å². The van der Waals surface area contributed by atoms with Crippen molar-refractivity contribution in [3.63, 3.8) is 0 Å². The molecule has 4 N–H and O–H groups in total. The Hall–Kier alpha value is -1.58. The van der Waals surface area contributed by atoms with Crippen LogP contribution < -0.4 is 11.5 Å². The molecule has 0 fully saturated rings. The standard InChI is InChI=1S/C7H10N4/c1-2-3-5-4-6(8)11-7(9)10-5/h2,4H,1,3H2,(H4,8,9,10,11). The Morgan fingerprint density at radius 1 is 1.45 bits per heavy atom. The van der Waals surface area contributed by atoms with Gasteiger partial charge in [-0.3, -0.25) is 0 Å². The van der Waals surface area contributed by atoms with E-state index in [1.165, 1.54) is 0 Å². The monoisotopic (exact) mass is 150 g/mol. The Bertz CT molecular complexity index is 249. The lowest BCUT2D eigenvalue weighted by atomic mass is 10.3. The van der Waals surface area contributed by atoms with Gasteiger partial charge in [0, 0.05) is 12.5 Å². The minimum Gasteiger partial charge on any atom is -0.384 e. The number of hydrogen-bond acceptors (Lipinski definition) is 4. The van der Waals surface area contributed by atoms with E-state index in [1.807, 2.05) is 0 Å². The summed E-state index contributed by atoms with van der Waals surface area (Å²) >= 11 is 0. The molecule has 0 bridgehead atoms. The van der Waals surface area contributed by atoms with Crippen LogP contribution in [-0.2, 0) is 6.42 Å². The summed E-state index contributed by atoms with van der Waals surface area (Å²) in [4.78, 5) is 7.67. The fraction of sp³-hybridized carbons (Fsp3) is 0.143. The van der Waals surface area contributed by atoms with Crippen molar-refractivity contribution in [2.45, 2.75) is 6.42 Å². The predicted octanol–water partition coefficient (Wildman–Crippen LogP) is 0.369. The van der Waals surface area contributed by atoms with Crippen LogP contribution in [-0.4, -0.2) is 9.97 Å². The van der Waals surface area contributed by atoms with E-state index in [1.54, 1.807) is 12.1 Å². The Kier molecular flexibility index (Phi) is 2.06. The number of aromatic nitrogens is 2. The SMILES string of the molecule is C=CCc1cc(N)nc(N)n1. The molecule has 0 aromatic carbocycles. The minimum atomic E-state index is 0.210. The molecule has 58 valence electrons. The molecule has 1 rings (SSSR count). The molecule has 0 amide bonds. The van der Waals surface area contributed by atoms with Crippen molar-refractivity contribution in [2.75, 3.05) is 11.5 Å². The van der Waals surface area contributed by atoms with Gasteiger partial charge in [-0.2, -0.15) is 4.98 Å². The van der Waals surface area contributed by atoms with Crippen molar-refractivity contribution in [3.05, 3.63) is 24.4 Å². The fourth-order valence-electron chi connectivity index (χ4n) is 0.792. The summed E-state index contributed by atoms with van der Waals surface area (Å²) in [5.74, 6) is 0.608. The molecular formula is C7H10N4. The summed E-state index contributed by atoms with van der Waals surface area (Å²) in [5, 5.41) is 0. The summed E-state index contributed by atoms with van der Waals surface area (Å²) < 4.78 is 0. The Morgan fingerprint density at radius 3 is 2.73 bits per heavy atom. The highest BCUT2D eigenvalue weighted by Crippen LogP contribution is 2.04. The lowest BCUT2D eigenvalue weighted by Gasteiger charge is -1.98. The number of nitrogens with zero attached hydrogens (tertiary/aromatic N) is 2. The van der Waals surface area contributed by atoms with Crippen LogP contribution in [0.3, 0.4) is 0 Å². The Morgan fingerprint density at radius 2 is 2.18 bits per heavy atom. The lowest BCUT2D eigenvalue weighted by Crippen LogP contribution is -2.01. The summed E-state index contributed by atoms with van der Waals surface area (Å²) in [5.41, 5.74) is 11.6. The number of anilines is 2. The van der Waals surface area contributed by atoms with Gasteiger partial charge in [-0.15, -0.1) is 6.58 Å². The van der Waals surface area contributed by atoms with Crippen molar-refractivity contribution < 1.29 is 0 Å². The molecular weight excluding hydrogens is 140 g/mol. The first kappa shape index (κ1) is 7.53. The number of nitrogens with two attached hydrogens (primary N) is 2. The second-order valence-electron chi connectivity index (χ2n) is 2.14. The molecule has 0 atom stereocenters. The van der Waals surface area contributed by atoms with Crippen LogP contribution in [0.15, 0.2) is 18.7 Å². The smallest absolute Gasteiger partial charge is 0.222 e. The number of rotatable bonds is 2. The molecule has 0 saturated carbocycles. The van der Waals surface area contributed by atoms with Crippen LogP contribution in [0, 0.1) is 0 Å². The van der Waals surface area contributed by atoms with Gasteiger partial charge in [0.2, 0.25) is 5.95 Å². The highest BCUT2D eigenvalue weighted by molar-refractivity contribution is 5.36. The van der Waals surface area contributed by atoms with E-state index in [0.29, 0.717) is 12.2 Å². The predicted molar refractivity (Wildman–Crippen MR) is 44.8 cm³/mol. The van der Waals surface area contributed by atoms with Crippen LogP contribution in [0.1, 0.15) is 5.69 Å². The molecule has 4 nitrogen and oxygen atoms in total. The molecule has 0 saturated heterocycles. The molecule has 0 unspecified atom stereocenters. The second kappa shape index (κ2) is 3.01. The van der Waals surface area contributed by atoms with E-state index in [4.69, 9.17) is 11.5 Å². The van der Waals surface area contributed by atoms with Gasteiger partial charge in [-0.05, 0) is 0 Å². The maximum atomic E-state index is 5.42. The first-order valence-corrected chi connectivity index (χ1v) is 3.22. The molecule has 11 heavy (non-hydrogen) atoms. The minimum absolute atomic E-state index is 0.210. The first-order valence-electron chi connectivity index (χ1n) is 3.22. The second-order valence-corrected chi connectivity index (χ2v) is 2.14. The highest BCUT2D eigenvalue weighted by atomic mass is 15.0. The third-order valence-electron chi connectivity index (χ3n) is 1.17. The van der Waals surface area contributed by atoms with Crippen LogP contribution in [0.2, 0.25) is 0 Å². The van der Waals surface area contributed by atoms with Crippen molar-refractivity contribution in [1.29, 1.82) is 0 Å². The Balaban J connectivity index is 2.98. The van der Waals surface area contributed by atoms with Gasteiger partial charge >= 0.3 is 0 Å². The van der Waals surface area contributed by atoms with Crippen LogP contribution in [0.4, 0.5) is 11.8 Å². The molecule has 1 aromatic heterocycles. The first-order chi connectivity index (χ1) is 5.22. The van der Waals surface area contributed by atoms with E-state index >= 15 is 0 Å². The van der Waals surface area contributed by atoms with Crippen molar-refractivity contribution in [1.82, 2.24) is 9.97 Å². The topological polar surface area (TPSA) is 77.8 Å². The molecule has 0 radical (unpaired) electrons. The van der Waals surface area contributed by atoms with Gasteiger partial charge in [0.25, 0.3) is 0 Å². The van der Waals surface area contributed by atoms with Gasteiger partial charge in [-0.25, -0.2) is 4.98 Å². The fourth-order valence-corrected chi connectivity index (χ4v) is 0.792. The Labute approximate surface area is 65.0 Å². The molecule has 4 heteroatoms. The van der Waals surface area contributed by atoms with Crippen LogP contribution in [0.5, 0.6) is 0 Å². The van der Waals surface area contributed by atoms with Crippen molar-refractivity contribution in [2.24, 2.45) is 0 Å². The van der Waals surface area contributed by atoms with E-state index in [2.05, 4.69) is 16.5 Å². The molecule has 0 aliphatic carbocycles. The normalized spacial score (nSPS) is 9.45. The summed E-state index contributed by atoms with van der Waals surface area (Å²) in [6.45, 7) is 3.57. The van der Waals surface area contributed by atoms with E-state index in [9.17, 15) is 0 Å². The highest BCUT2D eigenvalue weighted by Gasteiger charge is 1.96. The maximum absolute atomic E-state index is 5.42. The third kappa shape index (κ3) is 1.93. The van der Waals surface area contributed by atoms with E-state index in [-0.39, 0.29) is 5.95 Å². The van der Waals surface area contributed by atoms with Crippen LogP contribution >= 0.6 is 0 Å². The quantitative estimate of drug-likeness (QED) is 0.597. The summed E-state index contributed by atoms with van der Waals surface area (Å²) in [6.07, 6.45) is 2.40. The zero-order valence-electron chi connectivity index (χ0n) is 6.12. The lowest BCUT2D eigenvalue weighted by molar-refractivity contribution is 1.07. The maximum Gasteiger partial charge on any atom is 0.222 e. The van der Waals surface area contributed by atoms with E-state index < -0.39 is 0 Å². The van der Waals surface area contributed by atoms with Gasteiger partial charge < -0.3 is 11.5 Å². The van der Waals surface area contributed by atoms with Gasteiger partial charge in [0.05, 0.1) is 5.69 Å². The molecule has 0 aliphatic heterocycles. The molecule has 0 spiro atoms. The third-order valence-corrected chi connectivity index (χ3v) is 1.17.